The van der Waals surface area contributed by atoms with Crippen molar-refractivity contribution in [1.82, 2.24) is 0 Å². The van der Waals surface area contributed by atoms with Gasteiger partial charge in [0.2, 0.25) is 0 Å². The summed E-state index contributed by atoms with van der Waals surface area (Å²) < 4.78 is 5.94. The number of unbranched alkanes of at least 4 members (excludes halogenated alkanes) is 5. The molecule has 0 heterocycles. The highest BCUT2D eigenvalue weighted by Crippen LogP contribution is 2.29. The van der Waals surface area contributed by atoms with Crippen molar-refractivity contribution < 1.29 is 4.74 Å². The van der Waals surface area contributed by atoms with Crippen LogP contribution in [0.5, 0.6) is 5.75 Å². The summed E-state index contributed by atoms with van der Waals surface area (Å²) in [6.45, 7) is 5.35. The van der Waals surface area contributed by atoms with Gasteiger partial charge < -0.3 is 4.74 Å². The van der Waals surface area contributed by atoms with Crippen LogP contribution in [0.4, 0.5) is 0 Å². The third kappa shape index (κ3) is 7.09. The first-order valence-electron chi connectivity index (χ1n) is 13.2. The number of ether oxygens (including phenoxy) is 1. The van der Waals surface area contributed by atoms with Gasteiger partial charge in [-0.05, 0) is 51.9 Å². The van der Waals surface area contributed by atoms with Gasteiger partial charge in [-0.3, -0.25) is 0 Å². The predicted octanol–water partition coefficient (Wildman–Crippen LogP) is 9.91. The van der Waals surface area contributed by atoms with E-state index >= 15 is 0 Å². The van der Waals surface area contributed by atoms with Crippen LogP contribution in [-0.4, -0.2) is 6.61 Å². The second kappa shape index (κ2) is 13.0. The Morgan fingerprint density at radius 3 is 1.51 bits per heavy atom. The van der Waals surface area contributed by atoms with Gasteiger partial charge in [0.05, 0.1) is 6.61 Å². The largest absolute Gasteiger partial charge is 0.494 e. The molecule has 4 aromatic rings. The number of hydrogen-bond donors (Lipinski definition) is 0. The Kier molecular flexibility index (Phi) is 9.17. The monoisotopic (exact) mass is 462 g/mol. The number of benzene rings is 4. The lowest BCUT2D eigenvalue weighted by Gasteiger charge is -2.14. The molecule has 0 saturated carbocycles. The van der Waals surface area contributed by atoms with E-state index in [0.717, 1.165) is 18.8 Å². The lowest BCUT2D eigenvalue weighted by Crippen LogP contribution is -1.97. The maximum absolute atomic E-state index is 5.94. The van der Waals surface area contributed by atoms with Crippen molar-refractivity contribution in [2.45, 2.75) is 58.3 Å². The Morgan fingerprint density at radius 1 is 0.514 bits per heavy atom. The van der Waals surface area contributed by atoms with Gasteiger partial charge in [-0.15, -0.1) is 0 Å². The number of hydrogen-bond acceptors (Lipinski definition) is 1. The van der Waals surface area contributed by atoms with E-state index in [2.05, 4.69) is 117 Å². The molecule has 1 unspecified atom stereocenters. The maximum atomic E-state index is 5.94. The molecule has 35 heavy (non-hydrogen) atoms. The van der Waals surface area contributed by atoms with E-state index in [1.54, 1.807) is 0 Å². The summed E-state index contributed by atoms with van der Waals surface area (Å²) in [5, 5.41) is 0. The quantitative estimate of drug-likeness (QED) is 0.190. The fourth-order valence-corrected chi connectivity index (χ4v) is 4.57. The van der Waals surface area contributed by atoms with Crippen LogP contribution in [0.15, 0.2) is 103 Å². The van der Waals surface area contributed by atoms with Crippen LogP contribution in [0.25, 0.3) is 22.3 Å². The molecule has 0 aliphatic carbocycles. The molecule has 1 heteroatoms. The molecule has 0 saturated heterocycles. The highest BCUT2D eigenvalue weighted by atomic mass is 16.5. The predicted molar refractivity (Wildman–Crippen MR) is 150 cm³/mol. The Bertz CT molecular complexity index is 1130. The molecule has 1 nitrogen and oxygen atoms in total. The van der Waals surface area contributed by atoms with Crippen LogP contribution >= 0.6 is 0 Å². The SMILES string of the molecule is CCCCCCCCOc1ccc(-c2ccc(C(C)c3ccc(-c4ccccc4)cc3)cc2)cc1. The molecule has 0 aliphatic rings. The van der Waals surface area contributed by atoms with E-state index in [-0.39, 0.29) is 0 Å². The molecule has 0 amide bonds. The van der Waals surface area contributed by atoms with Crippen LogP contribution in [0, 0.1) is 0 Å². The molecule has 0 spiro atoms. The van der Waals surface area contributed by atoms with Crippen LogP contribution in [0.2, 0.25) is 0 Å². The first kappa shape index (κ1) is 24.8. The minimum Gasteiger partial charge on any atom is -0.494 e. The molecule has 1 atom stereocenters. The first-order chi connectivity index (χ1) is 17.2. The summed E-state index contributed by atoms with van der Waals surface area (Å²) >= 11 is 0. The van der Waals surface area contributed by atoms with Crippen LogP contribution in [0.3, 0.4) is 0 Å². The minimum atomic E-state index is 0.353. The van der Waals surface area contributed by atoms with Gasteiger partial charge in [0, 0.05) is 5.92 Å². The molecule has 0 fully saturated rings. The van der Waals surface area contributed by atoms with Crippen molar-refractivity contribution in [1.29, 1.82) is 0 Å². The Balaban J connectivity index is 1.31. The number of rotatable bonds is 12. The van der Waals surface area contributed by atoms with Gasteiger partial charge in [-0.2, -0.15) is 0 Å². The molecule has 4 rings (SSSR count). The van der Waals surface area contributed by atoms with E-state index in [1.807, 2.05) is 0 Å². The zero-order valence-corrected chi connectivity index (χ0v) is 21.3. The fraction of sp³-hybridized carbons (Fsp3) is 0.294. The molecule has 0 radical (unpaired) electrons. The third-order valence-electron chi connectivity index (χ3n) is 6.88. The lowest BCUT2D eigenvalue weighted by atomic mass is 9.90. The molecular weight excluding hydrogens is 424 g/mol. The third-order valence-corrected chi connectivity index (χ3v) is 6.88. The second-order valence-electron chi connectivity index (χ2n) is 9.47. The molecule has 0 aromatic heterocycles. The summed E-state index contributed by atoms with van der Waals surface area (Å²) in [6, 6.07) is 37.0. The topological polar surface area (TPSA) is 9.23 Å². The van der Waals surface area contributed by atoms with E-state index in [4.69, 9.17) is 4.74 Å². The zero-order valence-electron chi connectivity index (χ0n) is 21.3. The van der Waals surface area contributed by atoms with Gasteiger partial charge in [0.1, 0.15) is 5.75 Å². The van der Waals surface area contributed by atoms with Crippen molar-refractivity contribution in [3.8, 4) is 28.0 Å². The van der Waals surface area contributed by atoms with Crippen molar-refractivity contribution in [2.24, 2.45) is 0 Å². The van der Waals surface area contributed by atoms with Gasteiger partial charge in [0.25, 0.3) is 0 Å². The minimum absolute atomic E-state index is 0.353. The maximum Gasteiger partial charge on any atom is 0.119 e. The van der Waals surface area contributed by atoms with Crippen LogP contribution < -0.4 is 4.74 Å². The molecule has 0 bridgehead atoms. The Morgan fingerprint density at radius 2 is 0.971 bits per heavy atom. The first-order valence-corrected chi connectivity index (χ1v) is 13.2. The molecule has 4 aromatic carbocycles. The fourth-order valence-electron chi connectivity index (χ4n) is 4.57. The van der Waals surface area contributed by atoms with Crippen molar-refractivity contribution >= 4 is 0 Å². The average molecular weight is 463 g/mol. The van der Waals surface area contributed by atoms with Crippen molar-refractivity contribution in [3.05, 3.63) is 114 Å². The van der Waals surface area contributed by atoms with Crippen molar-refractivity contribution in [2.75, 3.05) is 6.61 Å². The lowest BCUT2D eigenvalue weighted by molar-refractivity contribution is 0.304. The standard InChI is InChI=1S/C34H38O/c1-3-4-5-6-7-11-26-35-34-24-22-33(23-25-34)32-20-16-29(17-21-32)27(2)28-14-18-31(19-15-28)30-12-9-8-10-13-30/h8-10,12-25,27H,3-7,11,26H2,1-2H3. The van der Waals surface area contributed by atoms with Gasteiger partial charge in [0.15, 0.2) is 0 Å². The summed E-state index contributed by atoms with van der Waals surface area (Å²) in [4.78, 5) is 0. The van der Waals surface area contributed by atoms with E-state index < -0.39 is 0 Å². The highest BCUT2D eigenvalue weighted by Gasteiger charge is 2.09. The van der Waals surface area contributed by atoms with Crippen molar-refractivity contribution in [3.63, 3.8) is 0 Å². The normalized spacial score (nSPS) is 11.8. The average Bonchev–Trinajstić information content (AvgIpc) is 2.93. The van der Waals surface area contributed by atoms with E-state index in [9.17, 15) is 0 Å². The molecule has 180 valence electrons. The smallest absolute Gasteiger partial charge is 0.119 e. The molecule has 0 N–H and O–H groups in total. The van der Waals surface area contributed by atoms with Gasteiger partial charge >= 0.3 is 0 Å². The summed E-state index contributed by atoms with van der Waals surface area (Å²) in [5.41, 5.74) is 7.65. The summed E-state index contributed by atoms with van der Waals surface area (Å²) in [5.74, 6) is 1.32. The van der Waals surface area contributed by atoms with Gasteiger partial charge in [-0.25, -0.2) is 0 Å². The zero-order chi connectivity index (χ0) is 24.3. The van der Waals surface area contributed by atoms with E-state index in [0.29, 0.717) is 5.92 Å². The highest BCUT2D eigenvalue weighted by molar-refractivity contribution is 5.65. The molecule has 0 aliphatic heterocycles. The summed E-state index contributed by atoms with van der Waals surface area (Å²) in [6.07, 6.45) is 7.73. The van der Waals surface area contributed by atoms with Crippen LogP contribution in [-0.2, 0) is 0 Å². The summed E-state index contributed by atoms with van der Waals surface area (Å²) in [7, 11) is 0. The Hall–Kier alpha value is -3.32. The molecular formula is C34H38O. The van der Waals surface area contributed by atoms with Gasteiger partial charge in [-0.1, -0.05) is 137 Å². The Labute approximate surface area is 211 Å². The second-order valence-corrected chi connectivity index (χ2v) is 9.47. The van der Waals surface area contributed by atoms with Crippen LogP contribution in [0.1, 0.15) is 69.4 Å². The van der Waals surface area contributed by atoms with E-state index in [1.165, 1.54) is 65.5 Å².